The summed E-state index contributed by atoms with van der Waals surface area (Å²) >= 11 is 0. The van der Waals surface area contributed by atoms with Gasteiger partial charge in [-0.2, -0.15) is 5.10 Å². The van der Waals surface area contributed by atoms with Gasteiger partial charge in [0, 0.05) is 31.3 Å². The van der Waals surface area contributed by atoms with Crippen molar-refractivity contribution in [3.8, 4) is 0 Å². The van der Waals surface area contributed by atoms with Crippen LogP contribution in [0.5, 0.6) is 0 Å². The summed E-state index contributed by atoms with van der Waals surface area (Å²) in [5, 5.41) is 7.29. The quantitative estimate of drug-likeness (QED) is 0.627. The number of halogens is 2. The van der Waals surface area contributed by atoms with Crippen molar-refractivity contribution in [2.75, 3.05) is 6.54 Å². The summed E-state index contributed by atoms with van der Waals surface area (Å²) < 4.78 is 1.89. The van der Waals surface area contributed by atoms with Crippen LogP contribution in [0, 0.1) is 0 Å². The monoisotopic (exact) mass is 417 g/mol. The average molecular weight is 418 g/mol. The van der Waals surface area contributed by atoms with E-state index in [9.17, 15) is 9.59 Å². The molecule has 3 heterocycles. The molecule has 0 aliphatic carbocycles. The Balaban J connectivity index is 0.00000182. The van der Waals surface area contributed by atoms with Gasteiger partial charge in [0.15, 0.2) is 0 Å². The predicted molar refractivity (Wildman–Crippen MR) is 105 cm³/mol. The Morgan fingerprint density at radius 1 is 1.37 bits per heavy atom. The Morgan fingerprint density at radius 2 is 2.15 bits per heavy atom. The summed E-state index contributed by atoms with van der Waals surface area (Å²) in [5.74, 6) is -0.0876. The minimum Gasteiger partial charge on any atom is -0.350 e. The molecule has 2 aromatic rings. The van der Waals surface area contributed by atoms with Crippen LogP contribution < -0.4 is 11.1 Å². The third kappa shape index (κ3) is 5.69. The number of amides is 2. The van der Waals surface area contributed by atoms with Gasteiger partial charge < -0.3 is 20.9 Å². The van der Waals surface area contributed by atoms with Crippen LogP contribution in [-0.2, 0) is 35.6 Å². The maximum Gasteiger partial charge on any atom is 0.240 e. The Labute approximate surface area is 169 Å². The SMILES string of the molecule is CCC(=O)NCc1cc2n(n1)CCN(C(=O)[C@@H](N)Cc1cnc[nH]1)C2.Cl.Cl. The number of carbonyl (C=O) groups is 2. The number of imidazole rings is 1. The highest BCUT2D eigenvalue weighted by Gasteiger charge is 2.26. The number of H-pyrrole nitrogens is 1. The molecule has 0 spiro atoms. The van der Waals surface area contributed by atoms with Gasteiger partial charge in [0.05, 0.1) is 43.4 Å². The summed E-state index contributed by atoms with van der Waals surface area (Å²) in [6, 6.07) is 1.33. The molecule has 0 aromatic carbocycles. The van der Waals surface area contributed by atoms with E-state index in [0.29, 0.717) is 39.0 Å². The molecule has 0 saturated heterocycles. The number of aromatic amines is 1. The molecule has 0 fully saturated rings. The first-order valence-electron chi connectivity index (χ1n) is 8.40. The van der Waals surface area contributed by atoms with Gasteiger partial charge in [0.1, 0.15) is 0 Å². The lowest BCUT2D eigenvalue weighted by Crippen LogP contribution is -2.47. The molecule has 3 rings (SSSR count). The fourth-order valence-electron chi connectivity index (χ4n) is 2.87. The topological polar surface area (TPSA) is 122 Å². The first-order chi connectivity index (χ1) is 12.1. The third-order valence-electron chi connectivity index (χ3n) is 4.26. The molecule has 27 heavy (non-hydrogen) atoms. The smallest absolute Gasteiger partial charge is 0.240 e. The van der Waals surface area contributed by atoms with Crippen molar-refractivity contribution in [2.45, 2.75) is 45.4 Å². The summed E-state index contributed by atoms with van der Waals surface area (Å²) in [5.41, 5.74) is 8.65. The molecule has 150 valence electrons. The Kier molecular flexibility index (Phi) is 8.74. The highest BCUT2D eigenvalue weighted by molar-refractivity contribution is 5.85. The van der Waals surface area contributed by atoms with E-state index in [1.807, 2.05) is 17.7 Å². The van der Waals surface area contributed by atoms with Crippen molar-refractivity contribution in [3.63, 3.8) is 0 Å². The molecule has 0 unspecified atom stereocenters. The number of nitrogens with one attached hydrogen (secondary N) is 2. The Morgan fingerprint density at radius 3 is 2.81 bits per heavy atom. The summed E-state index contributed by atoms with van der Waals surface area (Å²) in [6.07, 6.45) is 4.13. The third-order valence-corrected chi connectivity index (χ3v) is 4.26. The normalized spacial score (nSPS) is 13.8. The molecule has 1 aliphatic heterocycles. The van der Waals surface area contributed by atoms with Crippen molar-refractivity contribution in [1.82, 2.24) is 30.0 Å². The molecule has 11 heteroatoms. The minimum absolute atomic E-state index is 0. The minimum atomic E-state index is -0.599. The molecule has 0 saturated carbocycles. The lowest BCUT2D eigenvalue weighted by Gasteiger charge is -2.29. The zero-order valence-corrected chi connectivity index (χ0v) is 16.7. The lowest BCUT2D eigenvalue weighted by atomic mass is 10.1. The van der Waals surface area contributed by atoms with E-state index in [1.165, 1.54) is 0 Å². The van der Waals surface area contributed by atoms with Gasteiger partial charge in [0.2, 0.25) is 11.8 Å². The van der Waals surface area contributed by atoms with Crippen LogP contribution in [0.15, 0.2) is 18.6 Å². The van der Waals surface area contributed by atoms with Crippen molar-refractivity contribution >= 4 is 36.6 Å². The molecule has 2 aromatic heterocycles. The fourth-order valence-corrected chi connectivity index (χ4v) is 2.87. The number of nitrogens with zero attached hydrogens (tertiary/aromatic N) is 4. The van der Waals surface area contributed by atoms with E-state index in [4.69, 9.17) is 5.73 Å². The van der Waals surface area contributed by atoms with Gasteiger partial charge in [-0.05, 0) is 6.07 Å². The molecule has 9 nitrogen and oxygen atoms in total. The van der Waals surface area contributed by atoms with Gasteiger partial charge in [-0.1, -0.05) is 6.92 Å². The molecule has 0 bridgehead atoms. The summed E-state index contributed by atoms with van der Waals surface area (Å²) in [6.45, 7) is 3.89. The number of nitrogens with two attached hydrogens (primary N) is 1. The van der Waals surface area contributed by atoms with Crippen LogP contribution in [-0.4, -0.2) is 49.0 Å². The maximum absolute atomic E-state index is 12.6. The lowest BCUT2D eigenvalue weighted by molar-refractivity contribution is -0.134. The van der Waals surface area contributed by atoms with Crippen LogP contribution in [0.25, 0.3) is 0 Å². The van der Waals surface area contributed by atoms with Gasteiger partial charge in [-0.3, -0.25) is 14.3 Å². The highest BCUT2D eigenvalue weighted by atomic mass is 35.5. The van der Waals surface area contributed by atoms with Gasteiger partial charge in [-0.15, -0.1) is 24.8 Å². The molecule has 4 N–H and O–H groups in total. The number of hydrogen-bond donors (Lipinski definition) is 3. The van der Waals surface area contributed by atoms with Crippen molar-refractivity contribution in [2.24, 2.45) is 5.73 Å². The molecule has 2 amide bonds. The molecular weight excluding hydrogens is 393 g/mol. The second kappa shape index (κ2) is 10.3. The van der Waals surface area contributed by atoms with E-state index in [2.05, 4.69) is 20.4 Å². The predicted octanol–water partition coefficient (Wildman–Crippen LogP) is 0.388. The summed E-state index contributed by atoms with van der Waals surface area (Å²) in [7, 11) is 0. The van der Waals surface area contributed by atoms with E-state index >= 15 is 0 Å². The largest absolute Gasteiger partial charge is 0.350 e. The van der Waals surface area contributed by atoms with Gasteiger partial charge >= 0.3 is 0 Å². The number of rotatable bonds is 6. The second-order valence-electron chi connectivity index (χ2n) is 6.13. The highest BCUT2D eigenvalue weighted by Crippen LogP contribution is 2.15. The Hall–Kier alpha value is -2.10. The maximum atomic E-state index is 12.6. The standard InChI is InChI=1S/C16H23N7O2.2ClH/c1-2-15(24)19-8-12-5-13-9-22(3-4-23(13)21-12)16(25)14(17)6-11-7-18-10-20-11;;/h5,7,10,14H,2-4,6,8-9,17H2,1H3,(H,18,20)(H,19,24);2*1H/t14-;;/m0../s1. The van der Waals surface area contributed by atoms with Crippen LogP contribution in [0.4, 0.5) is 0 Å². The van der Waals surface area contributed by atoms with Gasteiger partial charge in [-0.25, -0.2) is 4.98 Å². The number of carbonyl (C=O) groups excluding carboxylic acids is 2. The molecule has 0 radical (unpaired) electrons. The van der Waals surface area contributed by atoms with Crippen LogP contribution in [0.2, 0.25) is 0 Å². The molecule has 1 aliphatic rings. The van der Waals surface area contributed by atoms with Crippen LogP contribution >= 0.6 is 24.8 Å². The number of hydrogen-bond acceptors (Lipinski definition) is 5. The fraction of sp³-hybridized carbons (Fsp3) is 0.500. The van der Waals surface area contributed by atoms with E-state index in [1.54, 1.807) is 17.4 Å². The number of aromatic nitrogens is 4. The first-order valence-corrected chi connectivity index (χ1v) is 8.40. The summed E-state index contributed by atoms with van der Waals surface area (Å²) in [4.78, 5) is 32.6. The van der Waals surface area contributed by atoms with E-state index in [0.717, 1.165) is 17.1 Å². The van der Waals surface area contributed by atoms with Crippen LogP contribution in [0.1, 0.15) is 30.4 Å². The van der Waals surface area contributed by atoms with E-state index < -0.39 is 6.04 Å². The zero-order valence-electron chi connectivity index (χ0n) is 15.1. The van der Waals surface area contributed by atoms with Crippen molar-refractivity contribution in [1.29, 1.82) is 0 Å². The zero-order chi connectivity index (χ0) is 17.8. The van der Waals surface area contributed by atoms with Crippen LogP contribution in [0.3, 0.4) is 0 Å². The van der Waals surface area contributed by atoms with Gasteiger partial charge in [0.25, 0.3) is 0 Å². The second-order valence-corrected chi connectivity index (χ2v) is 6.13. The van der Waals surface area contributed by atoms with Crippen molar-refractivity contribution < 1.29 is 9.59 Å². The Bertz CT molecular complexity index is 748. The van der Waals surface area contributed by atoms with E-state index in [-0.39, 0.29) is 36.6 Å². The average Bonchev–Trinajstić information content (AvgIpc) is 3.27. The number of fused-ring (bicyclic) bond motifs is 1. The molecule has 1 atom stereocenters. The molecular formula is C16H25Cl2N7O2. The van der Waals surface area contributed by atoms with Crippen molar-refractivity contribution in [3.05, 3.63) is 35.7 Å². The first kappa shape index (κ1) is 22.9.